The summed E-state index contributed by atoms with van der Waals surface area (Å²) in [7, 11) is 0. The Hall–Kier alpha value is -4.82. The molecular formula is C27H35N9O6. The molecule has 2 aliphatic rings. The molecule has 0 aliphatic carbocycles. The standard InChI is InChI=1S/C27H35N9O6/c1-2-28-22(37)13-30-25(40)20-12-18-15-35(34-33-18)16-23(38)29-14-24(39)36-10-6-9-21(36)27(42)32-19(26(41)31-20)11-17-7-4-3-5-8-17/h3-5,7-8,15,19-21H,2,6,9-14,16H2,1H3,(H,28,37)(H,29,38)(H,30,40)(H,31,41)(H,32,42). The summed E-state index contributed by atoms with van der Waals surface area (Å²) in [6.07, 6.45) is 2.46. The van der Waals surface area contributed by atoms with E-state index in [1.165, 1.54) is 15.8 Å². The predicted octanol–water partition coefficient (Wildman–Crippen LogP) is -2.59. The molecule has 6 amide bonds. The van der Waals surface area contributed by atoms with Crippen molar-refractivity contribution in [3.63, 3.8) is 0 Å². The molecule has 3 heterocycles. The molecule has 2 aliphatic heterocycles. The van der Waals surface area contributed by atoms with Gasteiger partial charge in [0, 0.05) is 32.1 Å². The minimum absolute atomic E-state index is 0.102. The number of carbonyl (C=O) groups is 6. The SMILES string of the molecule is CCNC(=O)CNC(=O)C1Cc2cn(nn2)CC(=O)NCC(=O)N2CCCC2C(=O)NC(Cc2ccccc2)C(=O)N1. The Morgan fingerprint density at radius 2 is 1.83 bits per heavy atom. The second-order valence-electron chi connectivity index (χ2n) is 10.1. The Labute approximate surface area is 242 Å². The zero-order chi connectivity index (χ0) is 30.1. The minimum Gasteiger partial charge on any atom is -0.355 e. The van der Waals surface area contributed by atoms with Gasteiger partial charge in [-0.3, -0.25) is 28.8 Å². The number of benzene rings is 1. The number of hydrogen-bond acceptors (Lipinski definition) is 8. The molecule has 0 radical (unpaired) electrons. The molecule has 1 fully saturated rings. The Morgan fingerprint density at radius 3 is 2.60 bits per heavy atom. The van der Waals surface area contributed by atoms with Crippen molar-refractivity contribution in [2.75, 3.05) is 26.2 Å². The zero-order valence-corrected chi connectivity index (χ0v) is 23.3. The van der Waals surface area contributed by atoms with Crippen LogP contribution in [0.5, 0.6) is 0 Å². The molecule has 2 aromatic rings. The van der Waals surface area contributed by atoms with E-state index in [0.717, 1.165) is 5.56 Å². The minimum atomic E-state index is -1.18. The van der Waals surface area contributed by atoms with E-state index in [4.69, 9.17) is 0 Å². The maximum Gasteiger partial charge on any atom is 0.243 e. The third-order valence-corrected chi connectivity index (χ3v) is 6.96. The molecule has 224 valence electrons. The summed E-state index contributed by atoms with van der Waals surface area (Å²) in [5, 5.41) is 21.1. The summed E-state index contributed by atoms with van der Waals surface area (Å²) < 4.78 is 1.25. The van der Waals surface area contributed by atoms with Crippen molar-refractivity contribution in [1.82, 2.24) is 46.5 Å². The van der Waals surface area contributed by atoms with E-state index in [2.05, 4.69) is 36.9 Å². The van der Waals surface area contributed by atoms with Crippen LogP contribution in [-0.2, 0) is 48.2 Å². The Morgan fingerprint density at radius 1 is 1.05 bits per heavy atom. The Kier molecular flexibility index (Phi) is 10.2. The molecule has 0 spiro atoms. The maximum absolute atomic E-state index is 13.7. The van der Waals surface area contributed by atoms with Crippen LogP contribution in [0.3, 0.4) is 0 Å². The van der Waals surface area contributed by atoms with Gasteiger partial charge in [0.05, 0.1) is 18.8 Å². The average Bonchev–Trinajstić information content (AvgIpc) is 3.64. The third-order valence-electron chi connectivity index (χ3n) is 6.96. The fourth-order valence-corrected chi connectivity index (χ4v) is 4.89. The Bertz CT molecular complexity index is 1310. The van der Waals surface area contributed by atoms with E-state index < -0.39 is 53.6 Å². The smallest absolute Gasteiger partial charge is 0.243 e. The van der Waals surface area contributed by atoms with Gasteiger partial charge in [-0.1, -0.05) is 35.5 Å². The lowest BCUT2D eigenvalue weighted by atomic mass is 10.0. The molecule has 1 saturated heterocycles. The molecular weight excluding hydrogens is 546 g/mol. The van der Waals surface area contributed by atoms with Gasteiger partial charge < -0.3 is 31.5 Å². The number of fused-ring (bicyclic) bond motifs is 3. The quantitative estimate of drug-likeness (QED) is 0.245. The summed E-state index contributed by atoms with van der Waals surface area (Å²) in [4.78, 5) is 79.0. The van der Waals surface area contributed by atoms with Crippen LogP contribution in [0.15, 0.2) is 36.5 Å². The number of carbonyl (C=O) groups excluding carboxylic acids is 6. The summed E-state index contributed by atoms with van der Waals surface area (Å²) >= 11 is 0. The highest BCUT2D eigenvalue weighted by Gasteiger charge is 2.36. The fourth-order valence-electron chi connectivity index (χ4n) is 4.89. The largest absolute Gasteiger partial charge is 0.355 e. The van der Waals surface area contributed by atoms with E-state index in [1.807, 2.05) is 18.2 Å². The first-order valence-corrected chi connectivity index (χ1v) is 13.9. The lowest BCUT2D eigenvalue weighted by Gasteiger charge is -2.27. The average molecular weight is 582 g/mol. The van der Waals surface area contributed by atoms with E-state index >= 15 is 0 Å². The van der Waals surface area contributed by atoms with Gasteiger partial charge in [-0.15, -0.1) is 5.10 Å². The lowest BCUT2D eigenvalue weighted by molar-refractivity contribution is -0.140. The van der Waals surface area contributed by atoms with Crippen LogP contribution in [0.25, 0.3) is 0 Å². The van der Waals surface area contributed by atoms with Gasteiger partial charge in [-0.25, -0.2) is 4.68 Å². The van der Waals surface area contributed by atoms with Crippen LogP contribution in [0.2, 0.25) is 0 Å². The van der Waals surface area contributed by atoms with E-state index in [-0.39, 0.29) is 32.5 Å². The fraction of sp³-hybridized carbons (Fsp3) is 0.481. The molecule has 15 heteroatoms. The molecule has 3 atom stereocenters. The molecule has 0 saturated carbocycles. The topological polar surface area (TPSA) is 197 Å². The predicted molar refractivity (Wildman–Crippen MR) is 147 cm³/mol. The summed E-state index contributed by atoms with van der Waals surface area (Å²) in [5.41, 5.74) is 1.07. The highest BCUT2D eigenvalue weighted by Crippen LogP contribution is 2.18. The molecule has 4 rings (SSSR count). The first-order valence-electron chi connectivity index (χ1n) is 13.9. The van der Waals surface area contributed by atoms with Crippen LogP contribution in [0.1, 0.15) is 31.0 Å². The molecule has 3 unspecified atom stereocenters. The van der Waals surface area contributed by atoms with Crippen LogP contribution in [0, 0.1) is 0 Å². The second-order valence-corrected chi connectivity index (χ2v) is 10.1. The van der Waals surface area contributed by atoms with Crippen molar-refractivity contribution in [3.8, 4) is 0 Å². The van der Waals surface area contributed by atoms with Crippen LogP contribution < -0.4 is 26.6 Å². The van der Waals surface area contributed by atoms with Gasteiger partial charge in [0.2, 0.25) is 35.4 Å². The summed E-state index contributed by atoms with van der Waals surface area (Å²) in [6, 6.07) is 5.98. The van der Waals surface area contributed by atoms with Gasteiger partial charge in [-0.2, -0.15) is 0 Å². The summed E-state index contributed by atoms with van der Waals surface area (Å²) in [6.45, 7) is 1.63. The molecule has 2 bridgehead atoms. The van der Waals surface area contributed by atoms with Crippen molar-refractivity contribution < 1.29 is 28.8 Å². The number of hydrogen-bond donors (Lipinski definition) is 5. The van der Waals surface area contributed by atoms with Gasteiger partial charge in [0.25, 0.3) is 0 Å². The van der Waals surface area contributed by atoms with Gasteiger partial charge in [-0.05, 0) is 25.3 Å². The zero-order valence-electron chi connectivity index (χ0n) is 23.3. The van der Waals surface area contributed by atoms with E-state index in [0.29, 0.717) is 31.6 Å². The van der Waals surface area contributed by atoms with Crippen LogP contribution in [0.4, 0.5) is 0 Å². The number of nitrogens with one attached hydrogen (secondary N) is 5. The molecule has 42 heavy (non-hydrogen) atoms. The normalized spacial score (nSPS) is 21.8. The van der Waals surface area contributed by atoms with Crippen molar-refractivity contribution >= 4 is 35.4 Å². The van der Waals surface area contributed by atoms with Gasteiger partial charge in [0.1, 0.15) is 24.7 Å². The van der Waals surface area contributed by atoms with E-state index in [1.54, 1.807) is 19.1 Å². The lowest BCUT2D eigenvalue weighted by Crippen LogP contribution is -2.58. The maximum atomic E-state index is 13.7. The second kappa shape index (κ2) is 14.2. The number of amides is 6. The number of aromatic nitrogens is 3. The van der Waals surface area contributed by atoms with Gasteiger partial charge >= 0.3 is 0 Å². The van der Waals surface area contributed by atoms with Crippen molar-refractivity contribution in [2.45, 2.75) is 57.3 Å². The van der Waals surface area contributed by atoms with E-state index in [9.17, 15) is 28.8 Å². The first kappa shape index (κ1) is 30.1. The molecule has 15 nitrogen and oxygen atoms in total. The van der Waals surface area contributed by atoms with Crippen molar-refractivity contribution in [3.05, 3.63) is 47.8 Å². The Balaban J connectivity index is 1.63. The first-order chi connectivity index (χ1) is 20.2. The molecule has 5 N–H and O–H groups in total. The van der Waals surface area contributed by atoms with Crippen molar-refractivity contribution in [2.24, 2.45) is 0 Å². The van der Waals surface area contributed by atoms with Crippen LogP contribution >= 0.6 is 0 Å². The highest BCUT2D eigenvalue weighted by atomic mass is 16.2. The van der Waals surface area contributed by atoms with Crippen molar-refractivity contribution in [1.29, 1.82) is 0 Å². The number of likely N-dealkylation sites (N-methyl/N-ethyl adjacent to an activating group) is 1. The third kappa shape index (κ3) is 8.11. The monoisotopic (exact) mass is 581 g/mol. The van der Waals surface area contributed by atoms with Gasteiger partial charge in [0.15, 0.2) is 0 Å². The molecule has 1 aromatic carbocycles. The number of nitrogens with zero attached hydrogens (tertiary/aromatic N) is 4. The van der Waals surface area contributed by atoms with Crippen LogP contribution in [-0.4, -0.2) is 99.6 Å². The number of rotatable bonds is 6. The highest BCUT2D eigenvalue weighted by molar-refractivity contribution is 5.96. The summed E-state index contributed by atoms with van der Waals surface area (Å²) in [5.74, 6) is -3.09. The molecule has 1 aromatic heterocycles.